The zero-order valence-electron chi connectivity index (χ0n) is 9.39. The number of likely N-dealkylation sites (N-methyl/N-ethyl adjacent to an activating group) is 1. The summed E-state index contributed by atoms with van der Waals surface area (Å²) in [5, 5.41) is 11.2. The molecule has 88 valence electrons. The summed E-state index contributed by atoms with van der Waals surface area (Å²) < 4.78 is 5.17. The third kappa shape index (κ3) is 2.50. The zero-order valence-corrected chi connectivity index (χ0v) is 9.39. The predicted molar refractivity (Wildman–Crippen MR) is 56.3 cm³/mol. The van der Waals surface area contributed by atoms with Gasteiger partial charge in [-0.05, 0) is 6.92 Å². The lowest BCUT2D eigenvalue weighted by molar-refractivity contribution is 0.0780. The molecule has 0 unspecified atom stereocenters. The molecule has 16 heavy (non-hydrogen) atoms. The minimum Gasteiger partial charge on any atom is -0.436 e. The molecule has 0 aliphatic carbocycles. The van der Waals surface area contributed by atoms with Gasteiger partial charge in [-0.2, -0.15) is 0 Å². The molecule has 0 aliphatic rings. The fourth-order valence-corrected chi connectivity index (χ4v) is 1.25. The number of hydrogen-bond donors (Lipinski definition) is 2. The Labute approximate surface area is 92.5 Å². The topological polar surface area (TPSA) is 105 Å². The first kappa shape index (κ1) is 12.0. The smallest absolute Gasteiger partial charge is 0.291 e. The average molecular weight is 226 g/mol. The van der Waals surface area contributed by atoms with Crippen molar-refractivity contribution in [3.8, 4) is 0 Å². The van der Waals surface area contributed by atoms with Gasteiger partial charge >= 0.3 is 0 Å². The maximum atomic E-state index is 11.8. The Morgan fingerprint density at radius 2 is 2.25 bits per heavy atom. The second-order valence-electron chi connectivity index (χ2n) is 3.40. The first-order valence-corrected chi connectivity index (χ1v) is 4.61. The number of carbonyl (C=O) groups is 1. The van der Waals surface area contributed by atoms with Crippen LogP contribution in [0, 0.1) is 13.8 Å². The van der Waals surface area contributed by atoms with E-state index in [1.54, 1.807) is 13.8 Å². The van der Waals surface area contributed by atoms with Crippen molar-refractivity contribution in [3.63, 3.8) is 0 Å². The fourth-order valence-electron chi connectivity index (χ4n) is 1.25. The van der Waals surface area contributed by atoms with Gasteiger partial charge < -0.3 is 20.3 Å². The summed E-state index contributed by atoms with van der Waals surface area (Å²) in [6.07, 6.45) is 0. The maximum Gasteiger partial charge on any atom is 0.291 e. The van der Waals surface area contributed by atoms with Gasteiger partial charge in [-0.25, -0.2) is 4.98 Å². The first-order valence-electron chi connectivity index (χ1n) is 4.61. The number of amides is 1. The van der Waals surface area contributed by atoms with E-state index in [0.717, 1.165) is 0 Å². The van der Waals surface area contributed by atoms with Gasteiger partial charge in [-0.1, -0.05) is 5.16 Å². The van der Waals surface area contributed by atoms with Gasteiger partial charge in [0.2, 0.25) is 5.76 Å². The molecule has 1 rings (SSSR count). The lowest BCUT2D eigenvalue weighted by atomic mass is 10.3. The van der Waals surface area contributed by atoms with E-state index in [9.17, 15) is 4.79 Å². The van der Waals surface area contributed by atoms with Gasteiger partial charge in [0.25, 0.3) is 5.91 Å². The van der Waals surface area contributed by atoms with Crippen LogP contribution in [0.4, 0.5) is 0 Å². The van der Waals surface area contributed by atoms with E-state index in [-0.39, 0.29) is 24.0 Å². The first-order chi connectivity index (χ1) is 7.45. The van der Waals surface area contributed by atoms with E-state index in [4.69, 9.17) is 15.4 Å². The van der Waals surface area contributed by atoms with Gasteiger partial charge in [0.05, 0.1) is 12.2 Å². The number of hydrogen-bond acceptors (Lipinski definition) is 5. The van der Waals surface area contributed by atoms with Crippen LogP contribution in [-0.2, 0) is 0 Å². The highest BCUT2D eigenvalue weighted by Gasteiger charge is 2.20. The highest BCUT2D eigenvalue weighted by molar-refractivity contribution is 5.95. The van der Waals surface area contributed by atoms with Crippen LogP contribution in [0.2, 0.25) is 0 Å². The van der Waals surface area contributed by atoms with Crippen LogP contribution < -0.4 is 5.73 Å². The number of aromatic nitrogens is 1. The molecule has 1 aromatic rings. The van der Waals surface area contributed by atoms with Gasteiger partial charge in [0.1, 0.15) is 0 Å². The molecule has 0 saturated carbocycles. The number of rotatable bonds is 3. The molecule has 0 fully saturated rings. The Morgan fingerprint density at radius 1 is 1.62 bits per heavy atom. The van der Waals surface area contributed by atoms with Crippen molar-refractivity contribution in [2.24, 2.45) is 10.9 Å². The van der Waals surface area contributed by atoms with Crippen molar-refractivity contribution in [1.82, 2.24) is 9.88 Å². The lowest BCUT2D eigenvalue weighted by Gasteiger charge is -2.14. The van der Waals surface area contributed by atoms with Crippen LogP contribution in [0.5, 0.6) is 0 Å². The standard InChI is InChI=1S/C9H14N4O3/c1-5-8(16-6(2)11-5)9(14)13(3)4-7(10)12-15/h15H,4H2,1-3H3,(H2,10,12). The van der Waals surface area contributed by atoms with Gasteiger partial charge in [-0.15, -0.1) is 0 Å². The van der Waals surface area contributed by atoms with Gasteiger partial charge in [0.15, 0.2) is 11.7 Å². The monoisotopic (exact) mass is 226 g/mol. The van der Waals surface area contributed by atoms with Crippen LogP contribution in [0.15, 0.2) is 9.57 Å². The van der Waals surface area contributed by atoms with E-state index in [1.165, 1.54) is 11.9 Å². The summed E-state index contributed by atoms with van der Waals surface area (Å²) in [5.41, 5.74) is 5.81. The molecule has 7 nitrogen and oxygen atoms in total. The SMILES string of the molecule is Cc1nc(C)c(C(=O)N(C)CC(N)=NO)o1. The Kier molecular flexibility index (Phi) is 3.49. The normalized spacial score (nSPS) is 11.6. The number of amidine groups is 1. The molecule has 0 aromatic carbocycles. The second-order valence-corrected chi connectivity index (χ2v) is 3.40. The molecule has 3 N–H and O–H groups in total. The maximum absolute atomic E-state index is 11.8. The fraction of sp³-hybridized carbons (Fsp3) is 0.444. The van der Waals surface area contributed by atoms with Gasteiger partial charge in [-0.3, -0.25) is 4.79 Å². The molecule has 0 aliphatic heterocycles. The molecule has 1 heterocycles. The second kappa shape index (κ2) is 4.65. The highest BCUT2D eigenvalue weighted by Crippen LogP contribution is 2.11. The average Bonchev–Trinajstić information content (AvgIpc) is 2.56. The molecular formula is C9H14N4O3. The van der Waals surface area contributed by atoms with Crippen molar-refractivity contribution < 1.29 is 14.4 Å². The van der Waals surface area contributed by atoms with Crippen LogP contribution in [0.25, 0.3) is 0 Å². The number of aryl methyl sites for hydroxylation is 2. The molecule has 1 aromatic heterocycles. The van der Waals surface area contributed by atoms with E-state index in [2.05, 4.69) is 10.1 Å². The third-order valence-corrected chi connectivity index (χ3v) is 1.97. The van der Waals surface area contributed by atoms with E-state index >= 15 is 0 Å². The van der Waals surface area contributed by atoms with Crippen LogP contribution in [0.1, 0.15) is 22.1 Å². The van der Waals surface area contributed by atoms with Gasteiger partial charge in [0, 0.05) is 14.0 Å². The Balaban J connectivity index is 2.82. The molecule has 7 heteroatoms. The summed E-state index contributed by atoms with van der Waals surface area (Å²) in [6, 6.07) is 0. The summed E-state index contributed by atoms with van der Waals surface area (Å²) in [4.78, 5) is 17.1. The minimum atomic E-state index is -0.357. The van der Waals surface area contributed by atoms with Crippen molar-refractivity contribution in [2.75, 3.05) is 13.6 Å². The van der Waals surface area contributed by atoms with Crippen molar-refractivity contribution in [2.45, 2.75) is 13.8 Å². The lowest BCUT2D eigenvalue weighted by Crippen LogP contribution is -2.35. The number of oxime groups is 1. The quantitative estimate of drug-likeness (QED) is 0.329. The van der Waals surface area contributed by atoms with Crippen molar-refractivity contribution in [1.29, 1.82) is 0 Å². The Hall–Kier alpha value is -2.05. The molecule has 0 atom stereocenters. The Morgan fingerprint density at radius 3 is 2.69 bits per heavy atom. The van der Waals surface area contributed by atoms with Crippen molar-refractivity contribution in [3.05, 3.63) is 17.3 Å². The van der Waals surface area contributed by atoms with Crippen LogP contribution in [-0.4, -0.2) is 40.4 Å². The Bertz CT molecular complexity index is 424. The molecule has 0 spiro atoms. The summed E-state index contributed by atoms with van der Waals surface area (Å²) in [6.45, 7) is 3.36. The predicted octanol–water partition coefficient (Wildman–Crippen LogP) is 0.110. The molecular weight excluding hydrogens is 212 g/mol. The summed E-state index contributed by atoms with van der Waals surface area (Å²) >= 11 is 0. The number of nitrogens with two attached hydrogens (primary N) is 1. The number of carbonyl (C=O) groups excluding carboxylic acids is 1. The van der Waals surface area contributed by atoms with E-state index in [0.29, 0.717) is 11.6 Å². The molecule has 0 saturated heterocycles. The summed E-state index contributed by atoms with van der Waals surface area (Å²) in [5.74, 6) is 0.193. The van der Waals surface area contributed by atoms with E-state index < -0.39 is 0 Å². The minimum absolute atomic E-state index is 0.0223. The van der Waals surface area contributed by atoms with Crippen molar-refractivity contribution >= 4 is 11.7 Å². The molecule has 0 bridgehead atoms. The number of oxazole rings is 1. The molecule has 0 radical (unpaired) electrons. The van der Waals surface area contributed by atoms with Crippen LogP contribution >= 0.6 is 0 Å². The van der Waals surface area contributed by atoms with E-state index in [1.807, 2.05) is 0 Å². The third-order valence-electron chi connectivity index (χ3n) is 1.97. The highest BCUT2D eigenvalue weighted by atomic mass is 16.4. The largest absolute Gasteiger partial charge is 0.436 e. The molecule has 1 amide bonds. The van der Waals surface area contributed by atoms with Crippen LogP contribution in [0.3, 0.4) is 0 Å². The summed E-state index contributed by atoms with van der Waals surface area (Å²) in [7, 11) is 1.53. The zero-order chi connectivity index (χ0) is 12.3. The number of nitrogens with zero attached hydrogens (tertiary/aromatic N) is 3.